The van der Waals surface area contributed by atoms with Crippen molar-refractivity contribution in [3.05, 3.63) is 41.4 Å². The minimum absolute atomic E-state index is 0.0424. The molecular formula is C19H25ClN4O3. The summed E-state index contributed by atoms with van der Waals surface area (Å²) in [5.41, 5.74) is 0.961. The van der Waals surface area contributed by atoms with E-state index in [0.29, 0.717) is 37.2 Å². The SMILES string of the molecule is COCCNC(=O)CN1CCN(Cc2ncc(-c3ccc(Cl)cc3)o2)CC1. The molecule has 2 heterocycles. The maximum Gasteiger partial charge on any atom is 0.234 e. The lowest BCUT2D eigenvalue weighted by molar-refractivity contribution is -0.122. The van der Waals surface area contributed by atoms with Gasteiger partial charge < -0.3 is 14.5 Å². The Morgan fingerprint density at radius 3 is 2.63 bits per heavy atom. The summed E-state index contributed by atoms with van der Waals surface area (Å²) in [7, 11) is 1.62. The lowest BCUT2D eigenvalue weighted by Gasteiger charge is -2.33. The molecule has 1 aliphatic rings. The van der Waals surface area contributed by atoms with E-state index in [4.69, 9.17) is 20.8 Å². The third kappa shape index (κ3) is 6.04. The van der Waals surface area contributed by atoms with E-state index in [0.717, 1.165) is 37.5 Å². The first-order valence-electron chi connectivity index (χ1n) is 9.05. The summed E-state index contributed by atoms with van der Waals surface area (Å²) in [5.74, 6) is 1.49. The molecule has 0 saturated carbocycles. The van der Waals surface area contributed by atoms with E-state index in [1.165, 1.54) is 0 Å². The molecule has 8 heteroatoms. The molecular weight excluding hydrogens is 368 g/mol. The number of halogens is 1. The van der Waals surface area contributed by atoms with Crippen LogP contribution in [0.2, 0.25) is 5.02 Å². The molecule has 0 bridgehead atoms. The molecule has 1 aliphatic heterocycles. The Kier molecular flexibility index (Phi) is 7.23. The third-order valence-corrected chi connectivity index (χ3v) is 4.75. The van der Waals surface area contributed by atoms with Crippen molar-refractivity contribution in [3.63, 3.8) is 0 Å². The molecule has 1 aromatic heterocycles. The molecule has 0 radical (unpaired) electrons. The van der Waals surface area contributed by atoms with Crippen molar-refractivity contribution in [3.8, 4) is 11.3 Å². The highest BCUT2D eigenvalue weighted by atomic mass is 35.5. The first kappa shape index (κ1) is 19.8. The number of aromatic nitrogens is 1. The third-order valence-electron chi connectivity index (χ3n) is 4.50. The normalized spacial score (nSPS) is 15.8. The summed E-state index contributed by atoms with van der Waals surface area (Å²) in [4.78, 5) is 20.7. The molecule has 1 aromatic carbocycles. The van der Waals surface area contributed by atoms with Gasteiger partial charge in [0.05, 0.1) is 25.9 Å². The molecule has 146 valence electrons. The van der Waals surface area contributed by atoms with Gasteiger partial charge in [-0.1, -0.05) is 11.6 Å². The summed E-state index contributed by atoms with van der Waals surface area (Å²) in [6.45, 7) is 5.64. The number of carbonyl (C=O) groups is 1. The van der Waals surface area contributed by atoms with Crippen LogP contribution in [0.3, 0.4) is 0 Å². The second kappa shape index (κ2) is 9.85. The molecule has 0 atom stereocenters. The average Bonchev–Trinajstić information content (AvgIpc) is 3.13. The molecule has 0 aliphatic carbocycles. The predicted molar refractivity (Wildman–Crippen MR) is 104 cm³/mol. The standard InChI is InChI=1S/C19H25ClN4O3/c1-26-11-6-21-18(25)13-23-7-9-24(10-8-23)14-19-22-12-17(27-19)15-2-4-16(20)5-3-15/h2-5,12H,6-11,13-14H2,1H3,(H,21,25). The first-order chi connectivity index (χ1) is 13.1. The summed E-state index contributed by atoms with van der Waals surface area (Å²) in [5, 5.41) is 3.55. The molecule has 2 aromatic rings. The van der Waals surface area contributed by atoms with E-state index in [-0.39, 0.29) is 5.91 Å². The number of hydrogen-bond acceptors (Lipinski definition) is 6. The van der Waals surface area contributed by atoms with Gasteiger partial charge in [-0.2, -0.15) is 0 Å². The molecule has 1 amide bonds. The van der Waals surface area contributed by atoms with Crippen LogP contribution >= 0.6 is 11.6 Å². The van der Waals surface area contributed by atoms with E-state index in [2.05, 4.69) is 20.1 Å². The van der Waals surface area contributed by atoms with Crippen molar-refractivity contribution in [2.45, 2.75) is 6.54 Å². The summed E-state index contributed by atoms with van der Waals surface area (Å²) >= 11 is 5.92. The van der Waals surface area contributed by atoms with E-state index < -0.39 is 0 Å². The number of nitrogens with zero attached hydrogens (tertiary/aromatic N) is 3. The molecule has 1 fully saturated rings. The fraction of sp³-hybridized carbons (Fsp3) is 0.474. The van der Waals surface area contributed by atoms with Crippen LogP contribution in [-0.4, -0.2) is 73.7 Å². The molecule has 27 heavy (non-hydrogen) atoms. The molecule has 0 spiro atoms. The molecule has 1 N–H and O–H groups in total. The fourth-order valence-corrected chi connectivity index (χ4v) is 3.11. The first-order valence-corrected chi connectivity index (χ1v) is 9.43. The van der Waals surface area contributed by atoms with E-state index in [1.54, 1.807) is 13.3 Å². The van der Waals surface area contributed by atoms with Crippen LogP contribution in [0.15, 0.2) is 34.9 Å². The number of oxazole rings is 1. The zero-order valence-electron chi connectivity index (χ0n) is 15.5. The second-order valence-electron chi connectivity index (χ2n) is 6.52. The molecule has 1 saturated heterocycles. The Bertz CT molecular complexity index is 727. The van der Waals surface area contributed by atoms with Gasteiger partial charge in [0.2, 0.25) is 11.8 Å². The predicted octanol–water partition coefficient (Wildman–Crippen LogP) is 1.88. The van der Waals surface area contributed by atoms with Gasteiger partial charge in [-0.3, -0.25) is 14.6 Å². The van der Waals surface area contributed by atoms with Crippen LogP contribution in [0.1, 0.15) is 5.89 Å². The molecule has 7 nitrogen and oxygen atoms in total. The number of nitrogens with one attached hydrogen (secondary N) is 1. The number of ether oxygens (including phenoxy) is 1. The Labute approximate surface area is 164 Å². The minimum atomic E-state index is 0.0424. The van der Waals surface area contributed by atoms with Gasteiger partial charge in [0, 0.05) is 50.4 Å². The Balaban J connectivity index is 1.43. The lowest BCUT2D eigenvalue weighted by atomic mass is 10.2. The molecule has 3 rings (SSSR count). The summed E-state index contributed by atoms with van der Waals surface area (Å²) in [6.07, 6.45) is 1.75. The second-order valence-corrected chi connectivity index (χ2v) is 6.96. The Morgan fingerprint density at radius 1 is 1.22 bits per heavy atom. The van der Waals surface area contributed by atoms with Crippen LogP contribution in [0, 0.1) is 0 Å². The number of amides is 1. The number of piperazine rings is 1. The van der Waals surface area contributed by atoms with Crippen LogP contribution < -0.4 is 5.32 Å². The van der Waals surface area contributed by atoms with Crippen molar-refractivity contribution in [2.75, 3.05) is 53.0 Å². The quantitative estimate of drug-likeness (QED) is 0.691. The van der Waals surface area contributed by atoms with Gasteiger partial charge in [-0.15, -0.1) is 0 Å². The van der Waals surface area contributed by atoms with Crippen molar-refractivity contribution in [1.82, 2.24) is 20.1 Å². The van der Waals surface area contributed by atoms with Crippen molar-refractivity contribution in [1.29, 1.82) is 0 Å². The van der Waals surface area contributed by atoms with Crippen LogP contribution in [-0.2, 0) is 16.1 Å². The Morgan fingerprint density at radius 2 is 1.93 bits per heavy atom. The number of hydrogen-bond donors (Lipinski definition) is 1. The maximum atomic E-state index is 11.9. The highest BCUT2D eigenvalue weighted by molar-refractivity contribution is 6.30. The fourth-order valence-electron chi connectivity index (χ4n) is 2.98. The van der Waals surface area contributed by atoms with Crippen molar-refractivity contribution < 1.29 is 13.9 Å². The number of carbonyl (C=O) groups excluding carboxylic acids is 1. The van der Waals surface area contributed by atoms with Crippen LogP contribution in [0.5, 0.6) is 0 Å². The zero-order chi connectivity index (χ0) is 19.1. The smallest absolute Gasteiger partial charge is 0.234 e. The van der Waals surface area contributed by atoms with E-state index in [1.807, 2.05) is 24.3 Å². The van der Waals surface area contributed by atoms with Crippen molar-refractivity contribution >= 4 is 17.5 Å². The lowest BCUT2D eigenvalue weighted by Crippen LogP contribution is -2.49. The number of methoxy groups -OCH3 is 1. The largest absolute Gasteiger partial charge is 0.439 e. The monoisotopic (exact) mass is 392 g/mol. The van der Waals surface area contributed by atoms with Gasteiger partial charge in [0.25, 0.3) is 0 Å². The Hall–Kier alpha value is -1.93. The minimum Gasteiger partial charge on any atom is -0.439 e. The van der Waals surface area contributed by atoms with Gasteiger partial charge in [-0.05, 0) is 24.3 Å². The van der Waals surface area contributed by atoms with Crippen LogP contribution in [0.25, 0.3) is 11.3 Å². The topological polar surface area (TPSA) is 70.8 Å². The average molecular weight is 393 g/mol. The van der Waals surface area contributed by atoms with Crippen LogP contribution in [0.4, 0.5) is 0 Å². The van der Waals surface area contributed by atoms with Gasteiger partial charge in [0.15, 0.2) is 5.76 Å². The maximum absolute atomic E-state index is 11.9. The summed E-state index contributed by atoms with van der Waals surface area (Å²) in [6, 6.07) is 7.51. The highest BCUT2D eigenvalue weighted by Gasteiger charge is 2.20. The molecule has 0 unspecified atom stereocenters. The zero-order valence-corrected chi connectivity index (χ0v) is 16.2. The van der Waals surface area contributed by atoms with E-state index >= 15 is 0 Å². The van der Waals surface area contributed by atoms with Crippen molar-refractivity contribution in [2.24, 2.45) is 0 Å². The van der Waals surface area contributed by atoms with Gasteiger partial charge >= 0.3 is 0 Å². The number of rotatable bonds is 8. The van der Waals surface area contributed by atoms with E-state index in [9.17, 15) is 4.79 Å². The van der Waals surface area contributed by atoms with Gasteiger partial charge in [-0.25, -0.2) is 4.98 Å². The highest BCUT2D eigenvalue weighted by Crippen LogP contribution is 2.23. The number of benzene rings is 1. The van der Waals surface area contributed by atoms with Gasteiger partial charge in [0.1, 0.15) is 0 Å². The summed E-state index contributed by atoms with van der Waals surface area (Å²) < 4.78 is 10.8.